The molecule has 1 N–H and O–H groups in total. The number of methoxy groups -OCH3 is 1. The van der Waals surface area contributed by atoms with E-state index in [0.717, 1.165) is 53.2 Å². The van der Waals surface area contributed by atoms with E-state index in [2.05, 4.69) is 15.2 Å². The van der Waals surface area contributed by atoms with Gasteiger partial charge in [-0.1, -0.05) is 5.46 Å². The number of carbonyl (C=O) groups excluding carboxylic acids is 2. The van der Waals surface area contributed by atoms with Gasteiger partial charge in [-0.05, 0) is 79.3 Å². The Hall–Kier alpha value is -4.08. The lowest BCUT2D eigenvalue weighted by atomic mass is 9.93. The van der Waals surface area contributed by atoms with Gasteiger partial charge in [0.1, 0.15) is 25.1 Å². The molecule has 8 nitrogen and oxygen atoms in total. The summed E-state index contributed by atoms with van der Waals surface area (Å²) in [5.74, 6) is 0.246. The van der Waals surface area contributed by atoms with Crippen molar-refractivity contribution in [2.45, 2.75) is 31.7 Å². The van der Waals surface area contributed by atoms with Crippen LogP contribution in [0.5, 0.6) is 5.75 Å². The maximum absolute atomic E-state index is 13.6. The van der Waals surface area contributed by atoms with Gasteiger partial charge in [0.25, 0.3) is 5.91 Å². The standard InChI is InChI=1S/C29H29BFN5O3/c1-39-22-3-4-24-18(15-22)6-12-35(29(38)33-24)21-8-10-34(11-9-21)27-16-25(32-17-23(27)30)28(37)36-13-7-19-14-20(31)2-5-26(19)36/h2-5,14-17,21H,6-13H2,1H3,(H,33,38). The number of urea groups is 1. The average molecular weight is 525 g/mol. The van der Waals surface area contributed by atoms with E-state index >= 15 is 0 Å². The van der Waals surface area contributed by atoms with Crippen molar-refractivity contribution in [3.05, 3.63) is 71.3 Å². The van der Waals surface area contributed by atoms with E-state index in [1.165, 1.54) is 18.3 Å². The first-order valence-corrected chi connectivity index (χ1v) is 13.3. The van der Waals surface area contributed by atoms with Gasteiger partial charge in [0.15, 0.2) is 0 Å². The average Bonchev–Trinajstić information content (AvgIpc) is 3.29. The highest BCUT2D eigenvalue weighted by molar-refractivity contribution is 6.35. The molecule has 3 aliphatic heterocycles. The zero-order valence-corrected chi connectivity index (χ0v) is 21.8. The Morgan fingerprint density at radius 3 is 2.62 bits per heavy atom. The van der Waals surface area contributed by atoms with Crippen LogP contribution >= 0.6 is 0 Å². The molecule has 3 amide bonds. The number of pyridine rings is 1. The number of halogens is 1. The number of hydrogen-bond acceptors (Lipinski definition) is 5. The summed E-state index contributed by atoms with van der Waals surface area (Å²) in [7, 11) is 7.94. The highest BCUT2D eigenvalue weighted by Gasteiger charge is 2.32. The maximum atomic E-state index is 13.6. The van der Waals surface area contributed by atoms with Gasteiger partial charge in [-0.15, -0.1) is 0 Å². The van der Waals surface area contributed by atoms with Crippen molar-refractivity contribution in [3.63, 3.8) is 0 Å². The highest BCUT2D eigenvalue weighted by Crippen LogP contribution is 2.31. The van der Waals surface area contributed by atoms with Crippen LogP contribution in [0.3, 0.4) is 0 Å². The number of amides is 3. The minimum atomic E-state index is -0.304. The first-order valence-electron chi connectivity index (χ1n) is 13.3. The summed E-state index contributed by atoms with van der Waals surface area (Å²) in [5, 5.41) is 3.06. The SMILES string of the molecule is [B]c1cnc(C(=O)N2CCc3cc(F)ccc32)cc1N1CCC(N2CCc3cc(OC)ccc3NC2=O)CC1. The predicted molar refractivity (Wildman–Crippen MR) is 149 cm³/mol. The molecule has 3 aromatic rings. The molecule has 0 spiro atoms. The predicted octanol–water partition coefficient (Wildman–Crippen LogP) is 3.29. The normalized spacial score (nSPS) is 17.4. The number of anilines is 3. The molecular formula is C29H29BFN5O3. The summed E-state index contributed by atoms with van der Waals surface area (Å²) in [6.07, 6.45) is 4.45. The molecule has 0 saturated carbocycles. The van der Waals surface area contributed by atoms with Gasteiger partial charge in [0, 0.05) is 55.5 Å². The number of hydrogen-bond donors (Lipinski definition) is 1. The summed E-state index contributed by atoms with van der Waals surface area (Å²) in [6.45, 7) is 2.51. The van der Waals surface area contributed by atoms with Crippen molar-refractivity contribution in [2.75, 3.05) is 48.4 Å². The Kier molecular flexibility index (Phi) is 6.62. The van der Waals surface area contributed by atoms with Crippen molar-refractivity contribution in [3.8, 4) is 5.75 Å². The zero-order valence-electron chi connectivity index (χ0n) is 21.8. The van der Waals surface area contributed by atoms with Crippen molar-refractivity contribution in [2.24, 2.45) is 0 Å². The number of ether oxygens (including phenoxy) is 1. The Morgan fingerprint density at radius 2 is 1.82 bits per heavy atom. The van der Waals surface area contributed by atoms with Crippen LogP contribution in [-0.4, -0.2) is 69.0 Å². The number of piperidine rings is 1. The lowest BCUT2D eigenvalue weighted by Crippen LogP contribution is -2.49. The fourth-order valence-electron chi connectivity index (χ4n) is 5.89. The minimum Gasteiger partial charge on any atom is -0.497 e. The van der Waals surface area contributed by atoms with E-state index < -0.39 is 0 Å². The fourth-order valence-corrected chi connectivity index (χ4v) is 5.89. The first-order chi connectivity index (χ1) is 18.9. The van der Waals surface area contributed by atoms with Gasteiger partial charge in [-0.3, -0.25) is 9.78 Å². The van der Waals surface area contributed by atoms with Gasteiger partial charge in [0.2, 0.25) is 0 Å². The highest BCUT2D eigenvalue weighted by atomic mass is 19.1. The van der Waals surface area contributed by atoms with E-state index in [9.17, 15) is 14.0 Å². The van der Waals surface area contributed by atoms with Gasteiger partial charge < -0.3 is 24.8 Å². The molecule has 1 fully saturated rings. The maximum Gasteiger partial charge on any atom is 0.322 e. The monoisotopic (exact) mass is 525 g/mol. The van der Waals surface area contributed by atoms with Gasteiger partial charge in [-0.2, -0.15) is 0 Å². The van der Waals surface area contributed by atoms with Crippen LogP contribution in [0.15, 0.2) is 48.7 Å². The number of nitrogens with one attached hydrogen (secondary N) is 1. The van der Waals surface area contributed by atoms with E-state index in [1.807, 2.05) is 23.1 Å². The fraction of sp³-hybridized carbons (Fsp3) is 0.345. The van der Waals surface area contributed by atoms with Crippen LogP contribution in [0.4, 0.5) is 26.2 Å². The summed E-state index contributed by atoms with van der Waals surface area (Å²) < 4.78 is 19.0. The molecule has 1 aromatic heterocycles. The largest absolute Gasteiger partial charge is 0.497 e. The number of benzene rings is 2. The molecule has 2 aromatic carbocycles. The summed E-state index contributed by atoms with van der Waals surface area (Å²) in [4.78, 5) is 36.5. The molecular weight excluding hydrogens is 496 g/mol. The van der Waals surface area contributed by atoms with Crippen molar-refractivity contribution in [1.82, 2.24) is 9.88 Å². The number of nitrogens with zero attached hydrogens (tertiary/aromatic N) is 4. The molecule has 4 heterocycles. The van der Waals surface area contributed by atoms with Crippen LogP contribution in [0.25, 0.3) is 0 Å². The smallest absolute Gasteiger partial charge is 0.322 e. The Bertz CT molecular complexity index is 1440. The van der Waals surface area contributed by atoms with Gasteiger partial charge >= 0.3 is 6.03 Å². The number of carbonyl (C=O) groups is 2. The second-order valence-electron chi connectivity index (χ2n) is 10.2. The van der Waals surface area contributed by atoms with Gasteiger partial charge in [0.05, 0.1) is 7.11 Å². The van der Waals surface area contributed by atoms with Crippen LogP contribution in [-0.2, 0) is 12.8 Å². The van der Waals surface area contributed by atoms with Crippen LogP contribution in [0, 0.1) is 5.82 Å². The second-order valence-corrected chi connectivity index (χ2v) is 10.2. The molecule has 39 heavy (non-hydrogen) atoms. The summed E-state index contributed by atoms with van der Waals surface area (Å²) in [6, 6.07) is 12.0. The molecule has 0 unspecified atom stereocenters. The molecule has 10 heteroatoms. The molecule has 6 rings (SSSR count). The van der Waals surface area contributed by atoms with Crippen LogP contribution in [0.1, 0.15) is 34.5 Å². The number of fused-ring (bicyclic) bond motifs is 2. The van der Waals surface area contributed by atoms with Crippen molar-refractivity contribution in [1.29, 1.82) is 0 Å². The Labute approximate surface area is 228 Å². The summed E-state index contributed by atoms with van der Waals surface area (Å²) in [5.41, 5.74) is 5.01. The molecule has 0 bridgehead atoms. The minimum absolute atomic E-state index is 0.0838. The van der Waals surface area contributed by atoms with Crippen LogP contribution < -0.4 is 25.3 Å². The van der Waals surface area contributed by atoms with E-state index in [4.69, 9.17) is 12.6 Å². The number of rotatable bonds is 4. The molecule has 198 valence electrons. The summed E-state index contributed by atoms with van der Waals surface area (Å²) >= 11 is 0. The first kappa shape index (κ1) is 25.2. The van der Waals surface area contributed by atoms with Crippen molar-refractivity contribution >= 4 is 42.3 Å². The van der Waals surface area contributed by atoms with Gasteiger partial charge in [-0.25, -0.2) is 9.18 Å². The quantitative estimate of drug-likeness (QED) is 0.530. The molecule has 0 atom stereocenters. The third-order valence-corrected chi connectivity index (χ3v) is 8.00. The molecule has 2 radical (unpaired) electrons. The third kappa shape index (κ3) is 4.79. The number of aromatic nitrogens is 1. The van der Waals surface area contributed by atoms with E-state index in [1.54, 1.807) is 24.1 Å². The lowest BCUT2D eigenvalue weighted by molar-refractivity contribution is 0.0984. The topological polar surface area (TPSA) is 78.0 Å². The van der Waals surface area contributed by atoms with Crippen molar-refractivity contribution < 1.29 is 18.7 Å². The van der Waals surface area contributed by atoms with Crippen LogP contribution in [0.2, 0.25) is 0 Å². The molecule has 0 aliphatic carbocycles. The molecule has 3 aliphatic rings. The Morgan fingerprint density at radius 1 is 1.03 bits per heavy atom. The third-order valence-electron chi connectivity index (χ3n) is 8.00. The lowest BCUT2D eigenvalue weighted by Gasteiger charge is -2.39. The van der Waals surface area contributed by atoms with E-state index in [0.29, 0.717) is 43.8 Å². The van der Waals surface area contributed by atoms with E-state index in [-0.39, 0.29) is 23.8 Å². The second kappa shape index (κ2) is 10.2. The molecule has 1 saturated heterocycles. The Balaban J connectivity index is 1.13. The zero-order chi connectivity index (χ0) is 27.1.